The number of rotatable bonds is 5. The fourth-order valence-corrected chi connectivity index (χ4v) is 2.80. The normalized spacial score (nSPS) is 18.6. The van der Waals surface area contributed by atoms with E-state index in [-0.39, 0.29) is 11.9 Å². The molecule has 0 aromatic heterocycles. The van der Waals surface area contributed by atoms with Gasteiger partial charge in [-0.15, -0.1) is 0 Å². The first kappa shape index (κ1) is 16.1. The molecule has 5 nitrogen and oxygen atoms in total. The van der Waals surface area contributed by atoms with Crippen molar-refractivity contribution < 1.29 is 9.53 Å². The van der Waals surface area contributed by atoms with Crippen LogP contribution in [0.1, 0.15) is 18.9 Å². The van der Waals surface area contributed by atoms with Gasteiger partial charge >= 0.3 is 0 Å². The number of anilines is 1. The number of nitrogens with zero attached hydrogens (tertiary/aromatic N) is 1. The van der Waals surface area contributed by atoms with Crippen molar-refractivity contribution >= 4 is 23.2 Å². The summed E-state index contributed by atoms with van der Waals surface area (Å²) < 4.78 is 5.47. The SMILES string of the molecule is CCCNC(=O)C1COCCN1c1c(Cl)cccc1CN. The van der Waals surface area contributed by atoms with Gasteiger partial charge in [-0.25, -0.2) is 0 Å². The molecule has 1 amide bonds. The molecular weight excluding hydrogens is 290 g/mol. The Bertz CT molecular complexity index is 496. The second kappa shape index (κ2) is 7.64. The van der Waals surface area contributed by atoms with Crippen LogP contribution in [-0.4, -0.2) is 38.3 Å². The van der Waals surface area contributed by atoms with Gasteiger partial charge in [0.1, 0.15) is 6.04 Å². The number of carbonyl (C=O) groups excluding carboxylic acids is 1. The number of nitrogens with two attached hydrogens (primary N) is 1. The summed E-state index contributed by atoms with van der Waals surface area (Å²) in [5.74, 6) is -0.0283. The lowest BCUT2D eigenvalue weighted by molar-refractivity contribution is -0.124. The molecule has 1 aromatic rings. The van der Waals surface area contributed by atoms with Crippen LogP contribution in [0.3, 0.4) is 0 Å². The summed E-state index contributed by atoms with van der Waals surface area (Å²) in [4.78, 5) is 14.4. The molecule has 1 fully saturated rings. The molecule has 0 bridgehead atoms. The number of carbonyl (C=O) groups is 1. The molecule has 0 radical (unpaired) electrons. The van der Waals surface area contributed by atoms with Gasteiger partial charge in [0.25, 0.3) is 0 Å². The smallest absolute Gasteiger partial charge is 0.245 e. The summed E-state index contributed by atoms with van der Waals surface area (Å²) in [7, 11) is 0. The molecule has 0 saturated carbocycles. The first-order valence-electron chi connectivity index (χ1n) is 7.28. The van der Waals surface area contributed by atoms with E-state index in [9.17, 15) is 4.79 Å². The fraction of sp³-hybridized carbons (Fsp3) is 0.533. The maximum absolute atomic E-state index is 12.3. The van der Waals surface area contributed by atoms with Crippen LogP contribution in [0.25, 0.3) is 0 Å². The summed E-state index contributed by atoms with van der Waals surface area (Å²) in [5, 5.41) is 3.54. The van der Waals surface area contributed by atoms with E-state index in [2.05, 4.69) is 5.32 Å². The molecule has 1 aliphatic rings. The van der Waals surface area contributed by atoms with Crippen molar-refractivity contribution in [3.8, 4) is 0 Å². The highest BCUT2D eigenvalue weighted by Crippen LogP contribution is 2.32. The number of nitrogens with one attached hydrogen (secondary N) is 1. The zero-order valence-corrected chi connectivity index (χ0v) is 13.0. The summed E-state index contributed by atoms with van der Waals surface area (Å²) in [6, 6.07) is 5.28. The number of hydrogen-bond donors (Lipinski definition) is 2. The van der Waals surface area contributed by atoms with E-state index in [0.29, 0.717) is 37.9 Å². The van der Waals surface area contributed by atoms with Crippen LogP contribution in [0.2, 0.25) is 5.02 Å². The van der Waals surface area contributed by atoms with Gasteiger partial charge < -0.3 is 20.7 Å². The van der Waals surface area contributed by atoms with E-state index < -0.39 is 0 Å². The predicted molar refractivity (Wildman–Crippen MR) is 84.6 cm³/mol. The summed E-state index contributed by atoms with van der Waals surface area (Å²) in [6.45, 7) is 4.64. The molecule has 1 unspecified atom stereocenters. The highest BCUT2D eigenvalue weighted by Gasteiger charge is 2.31. The van der Waals surface area contributed by atoms with E-state index in [4.69, 9.17) is 22.1 Å². The van der Waals surface area contributed by atoms with Crippen LogP contribution in [0, 0.1) is 0 Å². The van der Waals surface area contributed by atoms with Crippen LogP contribution in [0.5, 0.6) is 0 Å². The number of morpholine rings is 1. The minimum Gasteiger partial charge on any atom is -0.377 e. The largest absolute Gasteiger partial charge is 0.377 e. The second-order valence-electron chi connectivity index (χ2n) is 5.03. The maximum Gasteiger partial charge on any atom is 0.245 e. The number of benzene rings is 1. The van der Waals surface area contributed by atoms with Crippen LogP contribution < -0.4 is 16.0 Å². The van der Waals surface area contributed by atoms with Crippen molar-refractivity contribution in [3.05, 3.63) is 28.8 Å². The van der Waals surface area contributed by atoms with Crippen LogP contribution in [0.15, 0.2) is 18.2 Å². The summed E-state index contributed by atoms with van der Waals surface area (Å²) in [5.41, 5.74) is 7.60. The zero-order valence-electron chi connectivity index (χ0n) is 12.3. The molecule has 1 aliphatic heterocycles. The van der Waals surface area contributed by atoms with Crippen LogP contribution in [-0.2, 0) is 16.1 Å². The molecule has 21 heavy (non-hydrogen) atoms. The highest BCUT2D eigenvalue weighted by atomic mass is 35.5. The molecule has 1 heterocycles. The molecule has 3 N–H and O–H groups in total. The lowest BCUT2D eigenvalue weighted by Gasteiger charge is -2.37. The van der Waals surface area contributed by atoms with Gasteiger partial charge in [-0.2, -0.15) is 0 Å². The molecule has 1 saturated heterocycles. The Kier molecular flexibility index (Phi) is 5.85. The third-order valence-electron chi connectivity index (χ3n) is 3.56. The van der Waals surface area contributed by atoms with Crippen molar-refractivity contribution in [2.75, 3.05) is 31.2 Å². The standard InChI is InChI=1S/C15H22ClN3O2/c1-2-6-18-15(20)13-10-21-8-7-19(13)14-11(9-17)4-3-5-12(14)16/h3-5,13H,2,6-10,17H2,1H3,(H,18,20). The van der Waals surface area contributed by atoms with E-state index in [1.165, 1.54) is 0 Å². The maximum atomic E-state index is 12.3. The fourth-order valence-electron chi connectivity index (χ4n) is 2.50. The lowest BCUT2D eigenvalue weighted by atomic mass is 10.1. The van der Waals surface area contributed by atoms with Crippen LogP contribution >= 0.6 is 11.6 Å². The van der Waals surface area contributed by atoms with Crippen molar-refractivity contribution in [3.63, 3.8) is 0 Å². The minimum atomic E-state index is -0.365. The van der Waals surface area contributed by atoms with Gasteiger partial charge in [-0.1, -0.05) is 30.7 Å². The number of amides is 1. The number of ether oxygens (including phenoxy) is 1. The lowest BCUT2D eigenvalue weighted by Crippen LogP contribution is -2.54. The Labute approximate surface area is 130 Å². The molecule has 6 heteroatoms. The molecule has 1 atom stereocenters. The van der Waals surface area contributed by atoms with Crippen molar-refractivity contribution in [2.45, 2.75) is 25.9 Å². The molecule has 0 spiro atoms. The molecule has 0 aliphatic carbocycles. The van der Waals surface area contributed by atoms with Gasteiger partial charge in [0.05, 0.1) is 23.9 Å². The van der Waals surface area contributed by atoms with Gasteiger partial charge in [0.15, 0.2) is 0 Å². The van der Waals surface area contributed by atoms with E-state index in [1.807, 2.05) is 30.0 Å². The number of para-hydroxylation sites is 1. The predicted octanol–water partition coefficient (Wildman–Crippen LogP) is 1.53. The van der Waals surface area contributed by atoms with Gasteiger partial charge in [-0.05, 0) is 18.1 Å². The van der Waals surface area contributed by atoms with Gasteiger partial charge in [0.2, 0.25) is 5.91 Å². The quantitative estimate of drug-likeness (QED) is 0.865. The Balaban J connectivity index is 2.28. The van der Waals surface area contributed by atoms with Crippen molar-refractivity contribution in [1.82, 2.24) is 5.32 Å². The zero-order chi connectivity index (χ0) is 15.2. The van der Waals surface area contributed by atoms with Crippen LogP contribution in [0.4, 0.5) is 5.69 Å². The van der Waals surface area contributed by atoms with Crippen molar-refractivity contribution in [2.24, 2.45) is 5.73 Å². The van der Waals surface area contributed by atoms with E-state index >= 15 is 0 Å². The molecule has 116 valence electrons. The Hall–Kier alpha value is -1.30. The third-order valence-corrected chi connectivity index (χ3v) is 3.86. The Morgan fingerprint density at radius 2 is 2.38 bits per heavy atom. The van der Waals surface area contributed by atoms with E-state index in [1.54, 1.807) is 0 Å². The monoisotopic (exact) mass is 311 g/mol. The molecule has 2 rings (SSSR count). The average Bonchev–Trinajstić information content (AvgIpc) is 2.52. The number of hydrogen-bond acceptors (Lipinski definition) is 4. The molecular formula is C15H22ClN3O2. The van der Waals surface area contributed by atoms with Gasteiger partial charge in [-0.3, -0.25) is 4.79 Å². The van der Waals surface area contributed by atoms with E-state index in [0.717, 1.165) is 17.7 Å². The summed E-state index contributed by atoms with van der Waals surface area (Å²) in [6.07, 6.45) is 0.902. The van der Waals surface area contributed by atoms with Crippen molar-refractivity contribution in [1.29, 1.82) is 0 Å². The first-order valence-corrected chi connectivity index (χ1v) is 7.66. The third kappa shape index (κ3) is 3.67. The average molecular weight is 312 g/mol. The topological polar surface area (TPSA) is 67.6 Å². The van der Waals surface area contributed by atoms with Gasteiger partial charge in [0, 0.05) is 19.6 Å². The Morgan fingerprint density at radius 1 is 1.57 bits per heavy atom. The number of halogens is 1. The first-order chi connectivity index (χ1) is 10.2. The molecule has 1 aromatic carbocycles. The minimum absolute atomic E-state index is 0.0283. The Morgan fingerprint density at radius 3 is 3.10 bits per heavy atom. The highest BCUT2D eigenvalue weighted by molar-refractivity contribution is 6.33. The second-order valence-corrected chi connectivity index (χ2v) is 5.43. The summed E-state index contributed by atoms with van der Waals surface area (Å²) >= 11 is 6.35.